The molecular weight excluding hydrogens is 210 g/mol. The molecule has 0 unspecified atom stereocenters. The van der Waals surface area contributed by atoms with Crippen LogP contribution in [0.4, 0.5) is 0 Å². The van der Waals surface area contributed by atoms with Crippen LogP contribution in [0.15, 0.2) is 55.6 Å². The molecule has 2 heteroatoms. The molecule has 0 aromatic heterocycles. The van der Waals surface area contributed by atoms with Crippen LogP contribution in [0.25, 0.3) is 0 Å². The molecule has 0 aliphatic carbocycles. The molecule has 0 fully saturated rings. The van der Waals surface area contributed by atoms with Crippen molar-refractivity contribution in [2.24, 2.45) is 5.73 Å². The molecule has 2 nitrogen and oxygen atoms in total. The highest BCUT2D eigenvalue weighted by molar-refractivity contribution is 5.17. The van der Waals surface area contributed by atoms with Crippen molar-refractivity contribution < 1.29 is 5.11 Å². The molecule has 3 N–H and O–H groups in total. The summed E-state index contributed by atoms with van der Waals surface area (Å²) in [6.07, 6.45) is 5.02. The number of rotatable bonds is 7. The monoisotopic (exact) mass is 231 g/mol. The van der Waals surface area contributed by atoms with E-state index >= 15 is 0 Å². The molecule has 0 saturated heterocycles. The molecule has 0 amide bonds. The Bertz CT molecular complexity index is 348. The van der Waals surface area contributed by atoms with Gasteiger partial charge in [-0.25, -0.2) is 0 Å². The second-order valence-electron chi connectivity index (χ2n) is 4.39. The van der Waals surface area contributed by atoms with Gasteiger partial charge in [0, 0.05) is 6.04 Å². The van der Waals surface area contributed by atoms with Gasteiger partial charge in [-0.05, 0) is 24.8 Å². The van der Waals surface area contributed by atoms with E-state index in [1.54, 1.807) is 12.2 Å². The summed E-state index contributed by atoms with van der Waals surface area (Å²) in [6.45, 7) is 7.34. The Kier molecular flexibility index (Phi) is 5.13. The first-order valence-electron chi connectivity index (χ1n) is 5.86. The first-order valence-corrected chi connectivity index (χ1v) is 5.86. The standard InChI is InChI=1S/C15H21NO/c1-3-10-15(17,11-4-2)14(16)12-13-8-6-5-7-9-13/h3-9,14,17H,1-2,10-12,16H2/t14-/m0/s1. The van der Waals surface area contributed by atoms with Gasteiger partial charge in [-0.1, -0.05) is 42.5 Å². The first-order chi connectivity index (χ1) is 8.12. The van der Waals surface area contributed by atoms with E-state index in [-0.39, 0.29) is 6.04 Å². The summed E-state index contributed by atoms with van der Waals surface area (Å²) in [5.74, 6) is 0. The Morgan fingerprint density at radius 1 is 1.18 bits per heavy atom. The smallest absolute Gasteiger partial charge is 0.0869 e. The molecule has 0 aliphatic rings. The lowest BCUT2D eigenvalue weighted by molar-refractivity contribution is 0.0197. The second kappa shape index (κ2) is 6.38. The maximum atomic E-state index is 10.5. The molecule has 0 radical (unpaired) electrons. The normalized spacial score (nSPS) is 13.1. The van der Waals surface area contributed by atoms with Crippen LogP contribution in [0.2, 0.25) is 0 Å². The maximum absolute atomic E-state index is 10.5. The van der Waals surface area contributed by atoms with Crippen LogP contribution in [-0.2, 0) is 6.42 Å². The lowest BCUT2D eigenvalue weighted by atomic mass is 9.84. The lowest BCUT2D eigenvalue weighted by Crippen LogP contribution is -2.48. The van der Waals surface area contributed by atoms with E-state index in [2.05, 4.69) is 13.2 Å². The van der Waals surface area contributed by atoms with E-state index in [1.165, 1.54) is 0 Å². The molecule has 0 saturated carbocycles. The zero-order chi connectivity index (χ0) is 12.7. The third-order valence-electron chi connectivity index (χ3n) is 2.98. The van der Waals surface area contributed by atoms with Gasteiger partial charge in [0.15, 0.2) is 0 Å². The van der Waals surface area contributed by atoms with Gasteiger partial charge in [-0.2, -0.15) is 0 Å². The first kappa shape index (κ1) is 13.7. The van der Waals surface area contributed by atoms with E-state index in [4.69, 9.17) is 5.73 Å². The Morgan fingerprint density at radius 3 is 2.18 bits per heavy atom. The van der Waals surface area contributed by atoms with Crippen molar-refractivity contribution in [2.75, 3.05) is 0 Å². The molecule has 0 bridgehead atoms. The van der Waals surface area contributed by atoms with Crippen molar-refractivity contribution in [3.05, 3.63) is 61.2 Å². The predicted molar refractivity (Wildman–Crippen MR) is 72.7 cm³/mol. The van der Waals surface area contributed by atoms with Gasteiger partial charge in [0.25, 0.3) is 0 Å². The highest BCUT2D eigenvalue weighted by Crippen LogP contribution is 2.22. The number of hydrogen-bond acceptors (Lipinski definition) is 2. The summed E-state index contributed by atoms with van der Waals surface area (Å²) in [5, 5.41) is 10.5. The summed E-state index contributed by atoms with van der Waals surface area (Å²) in [5.41, 5.74) is 6.30. The largest absolute Gasteiger partial charge is 0.388 e. The highest BCUT2D eigenvalue weighted by atomic mass is 16.3. The molecular formula is C15H21NO. The maximum Gasteiger partial charge on any atom is 0.0869 e. The molecule has 1 aromatic rings. The fourth-order valence-electron chi connectivity index (χ4n) is 1.94. The molecule has 0 spiro atoms. The SMILES string of the molecule is C=CCC(O)(CC=C)[C@@H](N)Cc1ccccc1. The molecule has 17 heavy (non-hydrogen) atoms. The summed E-state index contributed by atoms with van der Waals surface area (Å²) in [4.78, 5) is 0. The van der Waals surface area contributed by atoms with Gasteiger partial charge in [0.05, 0.1) is 5.60 Å². The average molecular weight is 231 g/mol. The fraction of sp³-hybridized carbons (Fsp3) is 0.333. The third kappa shape index (κ3) is 3.84. The summed E-state index contributed by atoms with van der Waals surface area (Å²) in [7, 11) is 0. The van der Waals surface area contributed by atoms with E-state index in [9.17, 15) is 5.11 Å². The van der Waals surface area contributed by atoms with E-state index in [1.807, 2.05) is 30.3 Å². The van der Waals surface area contributed by atoms with Crippen LogP contribution in [0.5, 0.6) is 0 Å². The zero-order valence-electron chi connectivity index (χ0n) is 10.2. The third-order valence-corrected chi connectivity index (χ3v) is 2.98. The fourth-order valence-corrected chi connectivity index (χ4v) is 1.94. The van der Waals surface area contributed by atoms with E-state index < -0.39 is 5.60 Å². The predicted octanol–water partition coefficient (Wildman–Crippen LogP) is 2.44. The zero-order valence-corrected chi connectivity index (χ0v) is 10.2. The Labute approximate surface area is 103 Å². The second-order valence-corrected chi connectivity index (χ2v) is 4.39. The quantitative estimate of drug-likeness (QED) is 0.708. The van der Waals surface area contributed by atoms with Crippen molar-refractivity contribution in [3.8, 4) is 0 Å². The minimum Gasteiger partial charge on any atom is -0.388 e. The van der Waals surface area contributed by atoms with Gasteiger partial charge >= 0.3 is 0 Å². The van der Waals surface area contributed by atoms with E-state index in [0.29, 0.717) is 19.3 Å². The van der Waals surface area contributed by atoms with Crippen LogP contribution in [0, 0.1) is 0 Å². The van der Waals surface area contributed by atoms with Gasteiger partial charge < -0.3 is 10.8 Å². The van der Waals surface area contributed by atoms with Crippen LogP contribution in [0.3, 0.4) is 0 Å². The van der Waals surface area contributed by atoms with Crippen molar-refractivity contribution in [2.45, 2.75) is 30.9 Å². The van der Waals surface area contributed by atoms with Crippen molar-refractivity contribution in [1.82, 2.24) is 0 Å². The lowest BCUT2D eigenvalue weighted by Gasteiger charge is -2.32. The van der Waals surface area contributed by atoms with Gasteiger partial charge in [-0.15, -0.1) is 13.2 Å². The van der Waals surface area contributed by atoms with Crippen LogP contribution in [0.1, 0.15) is 18.4 Å². The topological polar surface area (TPSA) is 46.2 Å². The Morgan fingerprint density at radius 2 is 1.71 bits per heavy atom. The number of nitrogens with two attached hydrogens (primary N) is 1. The Balaban J connectivity index is 2.74. The van der Waals surface area contributed by atoms with Gasteiger partial charge in [0.2, 0.25) is 0 Å². The van der Waals surface area contributed by atoms with Crippen molar-refractivity contribution >= 4 is 0 Å². The van der Waals surface area contributed by atoms with Crippen LogP contribution < -0.4 is 5.73 Å². The van der Waals surface area contributed by atoms with Gasteiger partial charge in [0.1, 0.15) is 0 Å². The minimum atomic E-state index is -0.945. The molecule has 1 atom stereocenters. The Hall–Kier alpha value is -1.38. The number of aliphatic hydroxyl groups is 1. The van der Waals surface area contributed by atoms with Crippen molar-refractivity contribution in [3.63, 3.8) is 0 Å². The van der Waals surface area contributed by atoms with Crippen LogP contribution in [-0.4, -0.2) is 16.7 Å². The molecule has 0 aliphatic heterocycles. The highest BCUT2D eigenvalue weighted by Gasteiger charge is 2.31. The molecule has 92 valence electrons. The van der Waals surface area contributed by atoms with Crippen LogP contribution >= 0.6 is 0 Å². The summed E-state index contributed by atoms with van der Waals surface area (Å²) in [6, 6.07) is 9.63. The molecule has 1 rings (SSSR count). The number of hydrogen-bond donors (Lipinski definition) is 2. The van der Waals surface area contributed by atoms with Crippen molar-refractivity contribution in [1.29, 1.82) is 0 Å². The summed E-state index contributed by atoms with van der Waals surface area (Å²) >= 11 is 0. The average Bonchev–Trinajstić information content (AvgIpc) is 2.31. The minimum absolute atomic E-state index is 0.319. The van der Waals surface area contributed by atoms with E-state index in [0.717, 1.165) is 5.56 Å². The number of benzene rings is 1. The molecule has 1 aromatic carbocycles. The summed E-state index contributed by atoms with van der Waals surface area (Å²) < 4.78 is 0. The molecule has 0 heterocycles. The van der Waals surface area contributed by atoms with Gasteiger partial charge in [-0.3, -0.25) is 0 Å².